The number of imide groups is 1. The summed E-state index contributed by atoms with van der Waals surface area (Å²) >= 11 is 0. The summed E-state index contributed by atoms with van der Waals surface area (Å²) in [7, 11) is -3.64. The zero-order chi connectivity index (χ0) is 23.4. The van der Waals surface area contributed by atoms with Crippen LogP contribution in [0.4, 0.5) is 16.2 Å². The minimum atomic E-state index is -3.64. The molecule has 9 nitrogen and oxygen atoms in total. The first-order valence-corrected chi connectivity index (χ1v) is 12.4. The van der Waals surface area contributed by atoms with E-state index in [1.807, 2.05) is 20.8 Å². The Kier molecular flexibility index (Phi) is 11.3. The lowest BCUT2D eigenvalue weighted by Gasteiger charge is -2.26. The molecule has 1 aromatic carbocycles. The number of carbonyl (C=O) groups excluding carboxylic acids is 2. The molecule has 0 saturated carbocycles. The summed E-state index contributed by atoms with van der Waals surface area (Å²) < 4.78 is 27.2. The van der Waals surface area contributed by atoms with Crippen molar-refractivity contribution in [1.82, 2.24) is 14.9 Å². The van der Waals surface area contributed by atoms with Crippen LogP contribution in [-0.2, 0) is 14.8 Å². The average Bonchev–Trinajstić information content (AvgIpc) is 2.74. The molecule has 1 aromatic rings. The number of nitrogens with zero attached hydrogens (tertiary/aromatic N) is 2. The van der Waals surface area contributed by atoms with Crippen molar-refractivity contribution in [2.45, 2.75) is 52.4 Å². The fourth-order valence-electron chi connectivity index (χ4n) is 3.14. The second kappa shape index (κ2) is 13.2. The number of urea groups is 1. The largest absolute Gasteiger partial charge is 0.374 e. The second-order valence-electron chi connectivity index (χ2n) is 6.95. The molecule has 0 unspecified atom stereocenters. The number of rotatable bonds is 13. The molecule has 10 heteroatoms. The van der Waals surface area contributed by atoms with Gasteiger partial charge in [0.15, 0.2) is 0 Å². The van der Waals surface area contributed by atoms with Crippen LogP contribution in [0, 0.1) is 0 Å². The molecule has 0 fully saturated rings. The Morgan fingerprint density at radius 1 is 0.968 bits per heavy atom. The number of nitrogens with one attached hydrogen (secondary N) is 3. The van der Waals surface area contributed by atoms with Gasteiger partial charge in [-0.25, -0.2) is 13.2 Å². The number of hydrogen-bond donors (Lipinski definition) is 3. The average molecular weight is 456 g/mol. The number of unbranched alkanes of at least 4 members (excludes halogenated alkanes) is 1. The summed E-state index contributed by atoms with van der Waals surface area (Å²) in [6.45, 7) is 12.1. The number of amides is 3. The van der Waals surface area contributed by atoms with E-state index in [2.05, 4.69) is 20.9 Å². The van der Waals surface area contributed by atoms with Crippen LogP contribution in [0.5, 0.6) is 0 Å². The third-order valence-corrected chi connectivity index (χ3v) is 6.97. The van der Waals surface area contributed by atoms with E-state index in [9.17, 15) is 18.0 Å². The number of anilines is 2. The van der Waals surface area contributed by atoms with Crippen molar-refractivity contribution >= 4 is 33.3 Å². The molecule has 0 aliphatic heterocycles. The summed E-state index contributed by atoms with van der Waals surface area (Å²) in [4.78, 5) is 26.2. The molecule has 3 amide bonds. The van der Waals surface area contributed by atoms with E-state index in [1.165, 1.54) is 4.31 Å². The zero-order valence-electron chi connectivity index (χ0n) is 19.3. The Morgan fingerprint density at radius 3 is 2.16 bits per heavy atom. The van der Waals surface area contributed by atoms with Gasteiger partial charge < -0.3 is 15.5 Å². The minimum Gasteiger partial charge on any atom is -0.374 e. The monoisotopic (exact) mass is 455 g/mol. The summed E-state index contributed by atoms with van der Waals surface area (Å²) in [6.07, 6.45) is 1.78. The second-order valence-corrected chi connectivity index (χ2v) is 8.89. The first-order valence-electron chi connectivity index (χ1n) is 11.0. The van der Waals surface area contributed by atoms with Crippen LogP contribution < -0.4 is 20.9 Å². The van der Waals surface area contributed by atoms with E-state index in [0.717, 1.165) is 31.6 Å². The molecule has 0 atom stereocenters. The van der Waals surface area contributed by atoms with Gasteiger partial charge in [-0.15, -0.1) is 0 Å². The van der Waals surface area contributed by atoms with Crippen LogP contribution in [-0.4, -0.2) is 63.9 Å². The van der Waals surface area contributed by atoms with Crippen LogP contribution >= 0.6 is 0 Å². The van der Waals surface area contributed by atoms with E-state index in [-0.39, 0.29) is 11.4 Å². The van der Waals surface area contributed by atoms with Gasteiger partial charge >= 0.3 is 6.03 Å². The molecule has 0 aromatic heterocycles. The van der Waals surface area contributed by atoms with Crippen molar-refractivity contribution in [1.29, 1.82) is 0 Å². The molecule has 0 aliphatic rings. The smallest absolute Gasteiger partial charge is 0.321 e. The van der Waals surface area contributed by atoms with Crippen LogP contribution in [0.2, 0.25) is 0 Å². The van der Waals surface area contributed by atoms with Crippen molar-refractivity contribution in [2.75, 3.05) is 49.5 Å². The van der Waals surface area contributed by atoms with Crippen molar-refractivity contribution in [2.24, 2.45) is 0 Å². The molecule has 1 rings (SSSR count). The third-order valence-electron chi connectivity index (χ3n) is 4.92. The van der Waals surface area contributed by atoms with Crippen molar-refractivity contribution in [3.8, 4) is 0 Å². The van der Waals surface area contributed by atoms with Crippen molar-refractivity contribution < 1.29 is 18.0 Å². The molecule has 0 radical (unpaired) electrons. The Balaban J connectivity index is 3.07. The van der Waals surface area contributed by atoms with Crippen LogP contribution in [0.3, 0.4) is 0 Å². The maximum absolute atomic E-state index is 12.9. The van der Waals surface area contributed by atoms with Gasteiger partial charge in [0.2, 0.25) is 15.9 Å². The summed E-state index contributed by atoms with van der Waals surface area (Å²) in [6, 6.07) is 4.35. The van der Waals surface area contributed by atoms with E-state index in [0.29, 0.717) is 25.3 Å². The molecule has 3 N–H and O–H groups in total. The summed E-state index contributed by atoms with van der Waals surface area (Å²) in [5.74, 6) is -0.503. The topological polar surface area (TPSA) is 111 Å². The predicted molar refractivity (Wildman–Crippen MR) is 125 cm³/mol. The number of carbonyl (C=O) groups is 2. The van der Waals surface area contributed by atoms with E-state index in [1.54, 1.807) is 32.0 Å². The fraction of sp³-hybridized carbons (Fsp3) is 0.619. The summed E-state index contributed by atoms with van der Waals surface area (Å²) in [5.41, 5.74) is 1.32. The van der Waals surface area contributed by atoms with E-state index >= 15 is 0 Å². The van der Waals surface area contributed by atoms with Crippen LogP contribution in [0.1, 0.15) is 47.5 Å². The Hall–Kier alpha value is -2.33. The van der Waals surface area contributed by atoms with E-state index in [4.69, 9.17) is 0 Å². The first-order chi connectivity index (χ1) is 14.7. The van der Waals surface area contributed by atoms with Gasteiger partial charge in [-0.05, 0) is 38.5 Å². The molecule has 176 valence electrons. The van der Waals surface area contributed by atoms with Crippen LogP contribution in [0.25, 0.3) is 0 Å². The fourth-order valence-corrected chi connectivity index (χ4v) is 4.62. The predicted octanol–water partition coefficient (Wildman–Crippen LogP) is 2.60. The highest BCUT2D eigenvalue weighted by Gasteiger charge is 2.23. The first kappa shape index (κ1) is 26.7. The number of hydrogen-bond acceptors (Lipinski definition) is 6. The molecule has 0 heterocycles. The maximum Gasteiger partial charge on any atom is 0.321 e. The third kappa shape index (κ3) is 7.70. The van der Waals surface area contributed by atoms with Gasteiger partial charge in [0.05, 0.1) is 22.8 Å². The molecular formula is C21H37N5O4S. The number of benzene rings is 1. The normalized spacial score (nSPS) is 11.3. The van der Waals surface area contributed by atoms with Gasteiger partial charge in [0.1, 0.15) is 0 Å². The van der Waals surface area contributed by atoms with Gasteiger partial charge in [-0.1, -0.05) is 27.2 Å². The van der Waals surface area contributed by atoms with Crippen molar-refractivity contribution in [3.63, 3.8) is 0 Å². The minimum absolute atomic E-state index is 0.160. The van der Waals surface area contributed by atoms with Gasteiger partial charge in [0.25, 0.3) is 0 Å². The lowest BCUT2D eigenvalue weighted by Crippen LogP contribution is -2.42. The van der Waals surface area contributed by atoms with E-state index < -0.39 is 22.0 Å². The SMILES string of the molecule is CCCCNC(=O)NC(=O)CNc1cc(S(=O)(=O)N(CC)CC)ccc1N(CC)CC. The molecule has 31 heavy (non-hydrogen) atoms. The number of sulfonamides is 1. The Bertz CT molecular complexity index is 821. The van der Waals surface area contributed by atoms with Crippen LogP contribution in [0.15, 0.2) is 23.1 Å². The lowest BCUT2D eigenvalue weighted by molar-refractivity contribution is -0.118. The highest BCUT2D eigenvalue weighted by atomic mass is 32.2. The highest BCUT2D eigenvalue weighted by Crippen LogP contribution is 2.30. The Labute approximate surface area is 186 Å². The van der Waals surface area contributed by atoms with Gasteiger partial charge in [0, 0.05) is 32.7 Å². The summed E-state index contributed by atoms with van der Waals surface area (Å²) in [5, 5.41) is 7.90. The molecule has 0 saturated heterocycles. The van der Waals surface area contributed by atoms with Gasteiger partial charge in [-0.3, -0.25) is 10.1 Å². The molecule has 0 aliphatic carbocycles. The standard InChI is InChI=1S/C21H37N5O4S/c1-6-11-14-22-21(28)24-20(27)16-23-18-15-17(31(29,30)26(9-4)10-5)12-13-19(18)25(7-2)8-3/h12-13,15,23H,6-11,14,16H2,1-5H3,(H2,22,24,27,28). The zero-order valence-corrected chi connectivity index (χ0v) is 20.1. The van der Waals surface area contributed by atoms with Crippen molar-refractivity contribution in [3.05, 3.63) is 18.2 Å². The maximum atomic E-state index is 12.9. The van der Waals surface area contributed by atoms with Gasteiger partial charge in [-0.2, -0.15) is 4.31 Å². The highest BCUT2D eigenvalue weighted by molar-refractivity contribution is 7.89. The Morgan fingerprint density at radius 2 is 1.61 bits per heavy atom. The molecule has 0 bridgehead atoms. The quantitative estimate of drug-likeness (QED) is 0.394. The molecular weight excluding hydrogens is 418 g/mol. The molecule has 0 spiro atoms. The lowest BCUT2D eigenvalue weighted by atomic mass is 10.2.